The molecule has 0 spiro atoms. The van der Waals surface area contributed by atoms with Crippen molar-refractivity contribution in [3.8, 4) is 0 Å². The first-order chi connectivity index (χ1) is 6.91. The zero-order valence-electron chi connectivity index (χ0n) is 8.95. The lowest BCUT2D eigenvalue weighted by molar-refractivity contribution is -0.0329. The van der Waals surface area contributed by atoms with Crippen molar-refractivity contribution in [1.29, 1.82) is 0 Å². The number of hydrogen-bond acceptors (Lipinski definition) is 6. The number of allylic oxidation sites excluding steroid dienone is 1. The zero-order valence-corrected chi connectivity index (χ0v) is 8.95. The Balaban J connectivity index is 4.51. The summed E-state index contributed by atoms with van der Waals surface area (Å²) in [5.74, 6) is -0.368. The zero-order chi connectivity index (χ0) is 12.0. The second-order valence-corrected chi connectivity index (χ2v) is 3.25. The maximum Gasteiger partial charge on any atom is 0.139 e. The second kappa shape index (κ2) is 6.39. The van der Waals surface area contributed by atoms with E-state index in [9.17, 15) is 20.4 Å². The summed E-state index contributed by atoms with van der Waals surface area (Å²) >= 11 is 0. The van der Waals surface area contributed by atoms with E-state index in [1.54, 1.807) is 13.8 Å². The molecule has 0 aliphatic heterocycles. The third-order valence-electron chi connectivity index (χ3n) is 1.78. The molecule has 0 aliphatic rings. The van der Waals surface area contributed by atoms with Crippen molar-refractivity contribution in [2.45, 2.75) is 32.2 Å². The number of hydrogen-bond donors (Lipinski definition) is 4. The normalized spacial score (nSPS) is 17.2. The van der Waals surface area contributed by atoms with E-state index in [4.69, 9.17) is 0 Å². The van der Waals surface area contributed by atoms with Crippen molar-refractivity contribution in [2.24, 2.45) is 5.16 Å². The summed E-state index contributed by atoms with van der Waals surface area (Å²) in [6, 6.07) is 0. The SMILES string of the molecule is CON=C[C@@H](O)[C@H](O)[C@H](O)C(O)=C(C)C. The minimum absolute atomic E-state index is 0.368. The van der Waals surface area contributed by atoms with Gasteiger partial charge in [-0.2, -0.15) is 0 Å². The van der Waals surface area contributed by atoms with Gasteiger partial charge in [0.1, 0.15) is 31.2 Å². The van der Waals surface area contributed by atoms with Gasteiger partial charge in [-0.15, -0.1) is 0 Å². The summed E-state index contributed by atoms with van der Waals surface area (Å²) in [7, 11) is 1.28. The lowest BCUT2D eigenvalue weighted by atomic mass is 10.0. The fraction of sp³-hybridized carbons (Fsp3) is 0.667. The molecule has 6 heteroatoms. The molecule has 0 bridgehead atoms. The molecule has 0 amide bonds. The molecule has 0 rings (SSSR count). The van der Waals surface area contributed by atoms with Crippen LogP contribution in [0.3, 0.4) is 0 Å². The van der Waals surface area contributed by atoms with Crippen LogP contribution in [0.4, 0.5) is 0 Å². The van der Waals surface area contributed by atoms with Crippen LogP contribution in [0, 0.1) is 0 Å². The minimum Gasteiger partial charge on any atom is -0.510 e. The van der Waals surface area contributed by atoms with Gasteiger partial charge in [-0.25, -0.2) is 0 Å². The predicted octanol–water partition coefficient (Wildman–Crippen LogP) is -0.447. The van der Waals surface area contributed by atoms with E-state index in [-0.39, 0.29) is 5.76 Å². The fourth-order valence-corrected chi connectivity index (χ4v) is 0.856. The molecular formula is C9H17NO5. The topological polar surface area (TPSA) is 103 Å². The van der Waals surface area contributed by atoms with Gasteiger partial charge in [0.2, 0.25) is 0 Å². The Morgan fingerprint density at radius 2 is 1.80 bits per heavy atom. The molecule has 0 fully saturated rings. The highest BCUT2D eigenvalue weighted by molar-refractivity contribution is 5.63. The Labute approximate surface area is 88.1 Å². The molecule has 0 aromatic carbocycles. The van der Waals surface area contributed by atoms with Crippen molar-refractivity contribution in [3.63, 3.8) is 0 Å². The standard InChI is InChI=1S/C9H17NO5/c1-5(2)7(12)9(14)8(13)6(11)4-10-15-3/h4,6,8-9,11-14H,1-3H3/t6-,8+,9-/m1/s1. The summed E-state index contributed by atoms with van der Waals surface area (Å²) in [4.78, 5) is 4.29. The van der Waals surface area contributed by atoms with E-state index < -0.39 is 18.3 Å². The maximum atomic E-state index is 9.41. The maximum absolute atomic E-state index is 9.41. The Hall–Kier alpha value is -1.11. The average molecular weight is 219 g/mol. The smallest absolute Gasteiger partial charge is 0.139 e. The number of rotatable bonds is 5. The minimum atomic E-state index is -1.56. The summed E-state index contributed by atoms with van der Waals surface area (Å²) < 4.78 is 0. The van der Waals surface area contributed by atoms with Gasteiger partial charge in [0.25, 0.3) is 0 Å². The number of oxime groups is 1. The van der Waals surface area contributed by atoms with Gasteiger partial charge in [0.05, 0.1) is 6.21 Å². The van der Waals surface area contributed by atoms with Crippen molar-refractivity contribution in [3.05, 3.63) is 11.3 Å². The highest BCUT2D eigenvalue weighted by Gasteiger charge is 2.27. The van der Waals surface area contributed by atoms with Crippen LogP contribution in [0.2, 0.25) is 0 Å². The van der Waals surface area contributed by atoms with Crippen LogP contribution in [0.15, 0.2) is 16.5 Å². The molecule has 0 saturated heterocycles. The summed E-state index contributed by atoms with van der Waals surface area (Å²) in [6.07, 6.45) is -3.60. The number of aliphatic hydroxyl groups excluding tert-OH is 4. The number of nitrogens with zero attached hydrogens (tertiary/aromatic N) is 1. The van der Waals surface area contributed by atoms with E-state index in [1.807, 2.05) is 0 Å². The van der Waals surface area contributed by atoms with Crippen LogP contribution in [-0.2, 0) is 4.84 Å². The molecule has 0 radical (unpaired) electrons. The third kappa shape index (κ3) is 4.28. The summed E-state index contributed by atoms with van der Waals surface area (Å²) in [5, 5.41) is 40.6. The van der Waals surface area contributed by atoms with Crippen LogP contribution in [0.5, 0.6) is 0 Å². The first-order valence-corrected chi connectivity index (χ1v) is 4.39. The van der Waals surface area contributed by atoms with E-state index >= 15 is 0 Å². The molecule has 0 heterocycles. The number of aliphatic hydroxyl groups is 4. The van der Waals surface area contributed by atoms with E-state index in [2.05, 4.69) is 9.99 Å². The lowest BCUT2D eigenvalue weighted by Gasteiger charge is -2.20. The second-order valence-electron chi connectivity index (χ2n) is 3.25. The van der Waals surface area contributed by atoms with Gasteiger partial charge in [0.15, 0.2) is 0 Å². The van der Waals surface area contributed by atoms with Crippen molar-refractivity contribution >= 4 is 6.21 Å². The van der Waals surface area contributed by atoms with Crippen LogP contribution < -0.4 is 0 Å². The molecular weight excluding hydrogens is 202 g/mol. The Morgan fingerprint density at radius 1 is 1.27 bits per heavy atom. The lowest BCUT2D eigenvalue weighted by Crippen LogP contribution is -2.39. The van der Waals surface area contributed by atoms with Crippen LogP contribution in [0.1, 0.15) is 13.8 Å². The van der Waals surface area contributed by atoms with Crippen LogP contribution in [0.25, 0.3) is 0 Å². The molecule has 88 valence electrons. The highest BCUT2D eigenvalue weighted by atomic mass is 16.6. The van der Waals surface area contributed by atoms with Crippen molar-refractivity contribution in [2.75, 3.05) is 7.11 Å². The molecule has 0 aromatic rings. The van der Waals surface area contributed by atoms with Gasteiger partial charge in [0, 0.05) is 0 Å². The van der Waals surface area contributed by atoms with E-state index in [0.717, 1.165) is 6.21 Å². The Bertz CT molecular complexity index is 247. The van der Waals surface area contributed by atoms with Crippen LogP contribution >= 0.6 is 0 Å². The molecule has 6 nitrogen and oxygen atoms in total. The first kappa shape index (κ1) is 13.9. The monoisotopic (exact) mass is 219 g/mol. The summed E-state index contributed by atoms with van der Waals surface area (Å²) in [6.45, 7) is 3.14. The largest absolute Gasteiger partial charge is 0.510 e. The van der Waals surface area contributed by atoms with E-state index in [0.29, 0.717) is 5.57 Å². The molecule has 4 N–H and O–H groups in total. The molecule has 0 saturated carbocycles. The molecule has 0 unspecified atom stereocenters. The van der Waals surface area contributed by atoms with Gasteiger partial charge in [-0.3, -0.25) is 0 Å². The molecule has 15 heavy (non-hydrogen) atoms. The Kier molecular flexibility index (Phi) is 5.92. The Morgan fingerprint density at radius 3 is 2.20 bits per heavy atom. The van der Waals surface area contributed by atoms with Gasteiger partial charge < -0.3 is 25.3 Å². The van der Waals surface area contributed by atoms with Crippen molar-refractivity contribution < 1.29 is 25.3 Å². The quantitative estimate of drug-likeness (QED) is 0.285. The fourth-order valence-electron chi connectivity index (χ4n) is 0.856. The van der Waals surface area contributed by atoms with Gasteiger partial charge >= 0.3 is 0 Å². The summed E-state index contributed by atoms with van der Waals surface area (Å²) in [5.41, 5.74) is 0.456. The van der Waals surface area contributed by atoms with Gasteiger partial charge in [-0.1, -0.05) is 5.16 Å². The predicted molar refractivity (Wildman–Crippen MR) is 54.5 cm³/mol. The third-order valence-corrected chi connectivity index (χ3v) is 1.78. The molecule has 3 atom stereocenters. The molecule has 0 aromatic heterocycles. The van der Waals surface area contributed by atoms with E-state index in [1.165, 1.54) is 7.11 Å². The van der Waals surface area contributed by atoms with Crippen LogP contribution in [-0.4, -0.2) is 52.1 Å². The van der Waals surface area contributed by atoms with Gasteiger partial charge in [-0.05, 0) is 19.4 Å². The highest BCUT2D eigenvalue weighted by Crippen LogP contribution is 2.10. The first-order valence-electron chi connectivity index (χ1n) is 4.39. The average Bonchev–Trinajstić information content (AvgIpc) is 2.22. The van der Waals surface area contributed by atoms with Crippen molar-refractivity contribution in [1.82, 2.24) is 0 Å². The molecule has 0 aliphatic carbocycles.